The minimum Gasteiger partial charge on any atom is -0.378 e. The van der Waals surface area contributed by atoms with Crippen LogP contribution in [0.15, 0.2) is 0 Å². The molecule has 148 valence electrons. The van der Waals surface area contributed by atoms with Crippen LogP contribution in [-0.2, 0) is 14.3 Å². The molecule has 27 heavy (non-hydrogen) atoms. The normalized spacial score (nSPS) is 53.5. The summed E-state index contributed by atoms with van der Waals surface area (Å²) in [5.41, 5.74) is -1.06. The minimum atomic E-state index is -0.997. The summed E-state index contributed by atoms with van der Waals surface area (Å²) in [6.45, 7) is 5.86. The van der Waals surface area contributed by atoms with Crippen LogP contribution in [0.2, 0.25) is 0 Å². The molecule has 5 rings (SSSR count). The molecule has 1 saturated heterocycles. The number of aliphatic hydroxyl groups is 1. The summed E-state index contributed by atoms with van der Waals surface area (Å²) in [6, 6.07) is 0. The first kappa shape index (κ1) is 18.2. The van der Waals surface area contributed by atoms with Crippen molar-refractivity contribution in [2.75, 3.05) is 13.2 Å². The van der Waals surface area contributed by atoms with E-state index in [0.29, 0.717) is 56.0 Å². The maximum atomic E-state index is 12.8. The van der Waals surface area contributed by atoms with Gasteiger partial charge in [0.15, 0.2) is 5.79 Å². The fourth-order valence-electron chi connectivity index (χ4n) is 7.87. The second-order valence-electron chi connectivity index (χ2n) is 10.5. The van der Waals surface area contributed by atoms with E-state index in [-0.39, 0.29) is 16.7 Å². The molecule has 4 saturated carbocycles. The Morgan fingerprint density at radius 3 is 2.52 bits per heavy atom. The maximum Gasteiger partial charge on any atom is 0.172 e. The second-order valence-corrected chi connectivity index (χ2v) is 10.5. The first-order valence-corrected chi connectivity index (χ1v) is 10.8. The fraction of sp³-hybridized carbons (Fsp3) is 0.870. The van der Waals surface area contributed by atoms with Crippen molar-refractivity contribution < 1.29 is 19.4 Å². The highest BCUT2D eigenvalue weighted by Crippen LogP contribution is 2.69. The summed E-state index contributed by atoms with van der Waals surface area (Å²) in [7, 11) is 0. The van der Waals surface area contributed by atoms with E-state index < -0.39 is 11.4 Å². The Bertz CT molecular complexity index is 704. The van der Waals surface area contributed by atoms with Gasteiger partial charge in [0.25, 0.3) is 0 Å². The zero-order valence-corrected chi connectivity index (χ0v) is 16.6. The number of hydrogen-bond donors (Lipinski definition) is 1. The molecular formula is C23H32O4. The number of hydrogen-bond acceptors (Lipinski definition) is 4. The smallest absolute Gasteiger partial charge is 0.172 e. The Labute approximate surface area is 162 Å². The van der Waals surface area contributed by atoms with Crippen LogP contribution >= 0.6 is 0 Å². The van der Waals surface area contributed by atoms with E-state index >= 15 is 0 Å². The Hall–Kier alpha value is -0.890. The van der Waals surface area contributed by atoms with Crippen LogP contribution in [0, 0.1) is 46.8 Å². The first-order chi connectivity index (χ1) is 12.8. The van der Waals surface area contributed by atoms with Gasteiger partial charge >= 0.3 is 0 Å². The third-order valence-corrected chi connectivity index (χ3v) is 9.50. The highest BCUT2D eigenvalue weighted by Gasteiger charge is 2.69. The van der Waals surface area contributed by atoms with Gasteiger partial charge in [0.1, 0.15) is 11.4 Å². The molecule has 5 aliphatic rings. The molecule has 1 spiro atoms. The molecule has 4 heteroatoms. The summed E-state index contributed by atoms with van der Waals surface area (Å²) in [5.74, 6) is 3.92. The molecule has 1 heterocycles. The molecular weight excluding hydrogens is 340 g/mol. The Morgan fingerprint density at radius 2 is 1.81 bits per heavy atom. The Morgan fingerprint density at radius 1 is 1.07 bits per heavy atom. The van der Waals surface area contributed by atoms with E-state index in [4.69, 9.17) is 15.9 Å². The van der Waals surface area contributed by atoms with Crippen LogP contribution in [-0.4, -0.2) is 35.5 Å². The number of carbonyl (C=O) groups is 1. The van der Waals surface area contributed by atoms with E-state index in [1.54, 1.807) is 0 Å². The molecule has 5 fully saturated rings. The third kappa shape index (κ3) is 2.26. The Kier molecular flexibility index (Phi) is 3.76. The molecule has 0 unspecified atom stereocenters. The van der Waals surface area contributed by atoms with Gasteiger partial charge in [0.2, 0.25) is 0 Å². The van der Waals surface area contributed by atoms with Gasteiger partial charge in [-0.3, -0.25) is 4.79 Å². The number of ketones is 1. The molecule has 4 aliphatic carbocycles. The molecule has 7 atom stereocenters. The molecule has 1 aliphatic heterocycles. The van der Waals surface area contributed by atoms with Gasteiger partial charge in [-0.2, -0.15) is 0 Å². The second kappa shape index (κ2) is 5.59. The number of Topliss-reactive ketones (excluding diaryl/α,β-unsaturated/α-hetero) is 1. The standard InChI is InChI=1S/C23H32O4/c1-4-22(25)10-9-20(2)15(13-22)14-23(26-11-12-27-23)19-16-5-6-18(24)21(16,3)8-7-17(19)20/h1,15-17,19,25H,5-14H2,2-3H3/t15-,16+,17+,19+,20+,21+,22-/m1/s1. The molecule has 1 N–H and O–H groups in total. The summed E-state index contributed by atoms with van der Waals surface area (Å²) >= 11 is 0. The lowest BCUT2D eigenvalue weighted by molar-refractivity contribution is -0.299. The molecule has 0 aromatic rings. The molecule has 0 aromatic carbocycles. The minimum absolute atomic E-state index is 0.140. The predicted molar refractivity (Wildman–Crippen MR) is 101 cm³/mol. The van der Waals surface area contributed by atoms with Crippen molar-refractivity contribution in [3.8, 4) is 12.3 Å². The highest BCUT2D eigenvalue weighted by molar-refractivity contribution is 5.87. The summed E-state index contributed by atoms with van der Waals surface area (Å²) in [4.78, 5) is 12.8. The van der Waals surface area contributed by atoms with Gasteiger partial charge in [-0.1, -0.05) is 19.8 Å². The Balaban J connectivity index is 1.58. The van der Waals surface area contributed by atoms with E-state index in [0.717, 1.165) is 32.1 Å². The summed E-state index contributed by atoms with van der Waals surface area (Å²) in [5, 5.41) is 10.8. The van der Waals surface area contributed by atoms with Gasteiger partial charge in [0, 0.05) is 24.2 Å². The van der Waals surface area contributed by atoms with Crippen LogP contribution in [0.5, 0.6) is 0 Å². The van der Waals surface area contributed by atoms with Gasteiger partial charge in [-0.25, -0.2) is 0 Å². The van der Waals surface area contributed by atoms with Crippen LogP contribution in [0.25, 0.3) is 0 Å². The monoisotopic (exact) mass is 372 g/mol. The summed E-state index contributed by atoms with van der Waals surface area (Å²) < 4.78 is 12.7. The van der Waals surface area contributed by atoms with Gasteiger partial charge < -0.3 is 14.6 Å². The molecule has 0 bridgehead atoms. The lowest BCUT2D eigenvalue weighted by atomic mass is 9.43. The van der Waals surface area contributed by atoms with Crippen molar-refractivity contribution in [1.29, 1.82) is 0 Å². The van der Waals surface area contributed by atoms with Crippen molar-refractivity contribution in [2.24, 2.45) is 34.5 Å². The average Bonchev–Trinajstić information content (AvgIpc) is 3.23. The van der Waals surface area contributed by atoms with Gasteiger partial charge in [-0.05, 0) is 61.7 Å². The van der Waals surface area contributed by atoms with Crippen molar-refractivity contribution in [1.82, 2.24) is 0 Å². The number of carbonyl (C=O) groups excluding carboxylic acids is 1. The number of fused-ring (bicyclic) bond motifs is 6. The van der Waals surface area contributed by atoms with E-state index in [1.165, 1.54) is 0 Å². The zero-order chi connectivity index (χ0) is 19.1. The van der Waals surface area contributed by atoms with Gasteiger partial charge in [-0.15, -0.1) is 6.42 Å². The van der Waals surface area contributed by atoms with Crippen LogP contribution in [0.1, 0.15) is 65.2 Å². The topological polar surface area (TPSA) is 55.8 Å². The van der Waals surface area contributed by atoms with E-state index in [2.05, 4.69) is 19.8 Å². The number of ether oxygens (including phenoxy) is 2. The molecule has 0 amide bonds. The number of terminal acetylenes is 1. The van der Waals surface area contributed by atoms with Crippen LogP contribution in [0.4, 0.5) is 0 Å². The largest absolute Gasteiger partial charge is 0.378 e. The predicted octanol–water partition coefficient (Wildman–Crippen LogP) is 3.32. The molecule has 0 radical (unpaired) electrons. The van der Waals surface area contributed by atoms with Crippen molar-refractivity contribution in [3.05, 3.63) is 0 Å². The lowest BCUT2D eigenvalue weighted by Gasteiger charge is -2.64. The number of rotatable bonds is 0. The fourth-order valence-corrected chi connectivity index (χ4v) is 7.87. The summed E-state index contributed by atoms with van der Waals surface area (Å²) in [6.07, 6.45) is 12.5. The van der Waals surface area contributed by atoms with Crippen molar-refractivity contribution in [2.45, 2.75) is 76.6 Å². The zero-order valence-electron chi connectivity index (χ0n) is 16.6. The molecule has 0 aromatic heterocycles. The quantitative estimate of drug-likeness (QED) is 0.663. The van der Waals surface area contributed by atoms with Crippen molar-refractivity contribution >= 4 is 5.78 Å². The maximum absolute atomic E-state index is 12.8. The van der Waals surface area contributed by atoms with Gasteiger partial charge in [0.05, 0.1) is 13.2 Å². The first-order valence-electron chi connectivity index (χ1n) is 10.8. The third-order valence-electron chi connectivity index (χ3n) is 9.50. The SMILES string of the molecule is C#C[C@@]1(O)CC[C@@]2(C)[C@@H](CC3(OCCO3)[C@@H]3[C@@H]2CC[C@]2(C)C(=O)CC[C@@H]32)C1. The van der Waals surface area contributed by atoms with E-state index in [9.17, 15) is 9.90 Å². The van der Waals surface area contributed by atoms with Crippen molar-refractivity contribution in [3.63, 3.8) is 0 Å². The van der Waals surface area contributed by atoms with Crippen LogP contribution in [0.3, 0.4) is 0 Å². The molecule has 4 nitrogen and oxygen atoms in total. The average molecular weight is 373 g/mol. The lowest BCUT2D eigenvalue weighted by Crippen LogP contribution is -2.64. The van der Waals surface area contributed by atoms with E-state index in [1.807, 2.05) is 0 Å². The van der Waals surface area contributed by atoms with Crippen LogP contribution < -0.4 is 0 Å². The highest BCUT2D eigenvalue weighted by atomic mass is 16.7.